The minimum absolute atomic E-state index is 0.113. The highest BCUT2D eigenvalue weighted by molar-refractivity contribution is 6.01. The number of hydrogen-bond acceptors (Lipinski definition) is 6. The highest BCUT2D eigenvalue weighted by Gasteiger charge is 2.19. The van der Waals surface area contributed by atoms with E-state index in [1.54, 1.807) is 24.3 Å². The maximum absolute atomic E-state index is 10.5. The number of nitrogens with two attached hydrogens (primary N) is 2. The summed E-state index contributed by atoms with van der Waals surface area (Å²) in [5.74, 6) is 21.1. The van der Waals surface area contributed by atoms with Gasteiger partial charge in [0, 0.05) is 50.7 Å². The molecular formula is C46H30N2O4. The van der Waals surface area contributed by atoms with Crippen molar-refractivity contribution >= 4 is 22.1 Å². The topological polar surface area (TPSA) is 111 Å². The fourth-order valence-electron chi connectivity index (χ4n) is 5.36. The van der Waals surface area contributed by atoms with E-state index in [0.29, 0.717) is 50.5 Å². The molecule has 0 bridgehead atoms. The Morgan fingerprint density at radius 3 is 1.40 bits per heavy atom. The second-order valence-electron chi connectivity index (χ2n) is 11.7. The van der Waals surface area contributed by atoms with Gasteiger partial charge in [-0.3, -0.25) is 0 Å². The average molecular weight is 675 g/mol. The third kappa shape index (κ3) is 7.61. The second-order valence-corrected chi connectivity index (χ2v) is 11.7. The maximum Gasteiger partial charge on any atom is 0.142 e. The van der Waals surface area contributed by atoms with Crippen LogP contribution in [0, 0.1) is 35.5 Å². The number of phenolic OH excluding ortho intramolecular Hbond substituents is 2. The monoisotopic (exact) mass is 674 g/mol. The van der Waals surface area contributed by atoms with Crippen molar-refractivity contribution in [3.05, 3.63) is 179 Å². The van der Waals surface area contributed by atoms with Crippen molar-refractivity contribution in [3.8, 4) is 70.0 Å². The van der Waals surface area contributed by atoms with Gasteiger partial charge in [0.15, 0.2) is 0 Å². The molecule has 0 spiro atoms. The van der Waals surface area contributed by atoms with Crippen LogP contribution in [-0.4, -0.2) is 10.2 Å². The van der Waals surface area contributed by atoms with Crippen molar-refractivity contribution in [3.63, 3.8) is 0 Å². The van der Waals surface area contributed by atoms with Gasteiger partial charge in [-0.25, -0.2) is 0 Å². The lowest BCUT2D eigenvalue weighted by Gasteiger charge is -2.17. The summed E-state index contributed by atoms with van der Waals surface area (Å²) < 4.78 is 13.1. The fraction of sp³-hybridized carbons (Fsp3) is 0. The molecule has 0 atom stereocenters. The minimum Gasteiger partial charge on any atom is -0.506 e. The normalized spacial score (nSPS) is 10.2. The summed E-state index contributed by atoms with van der Waals surface area (Å²) in [6.45, 7) is 0. The molecule has 6 N–H and O–H groups in total. The molecule has 0 heterocycles. The Hall–Kier alpha value is -7.72. The van der Waals surface area contributed by atoms with E-state index in [9.17, 15) is 10.2 Å². The lowest BCUT2D eigenvalue weighted by molar-refractivity contribution is 0.456. The van der Waals surface area contributed by atoms with E-state index in [-0.39, 0.29) is 22.9 Å². The van der Waals surface area contributed by atoms with Gasteiger partial charge >= 0.3 is 0 Å². The van der Waals surface area contributed by atoms with E-state index in [1.165, 1.54) is 12.1 Å². The van der Waals surface area contributed by atoms with Crippen LogP contribution in [0.4, 0.5) is 11.4 Å². The van der Waals surface area contributed by atoms with E-state index < -0.39 is 0 Å². The average Bonchev–Trinajstić information content (AvgIpc) is 3.17. The molecule has 6 heteroatoms. The molecule has 7 aromatic rings. The molecule has 0 saturated heterocycles. The number of benzene rings is 7. The molecule has 52 heavy (non-hydrogen) atoms. The number of nitrogen functional groups attached to an aromatic ring is 2. The summed E-state index contributed by atoms with van der Waals surface area (Å²) in [6, 6.07) is 43.9. The van der Waals surface area contributed by atoms with Crippen LogP contribution in [0.5, 0.6) is 34.5 Å². The van der Waals surface area contributed by atoms with E-state index in [1.807, 2.05) is 109 Å². The third-order valence-corrected chi connectivity index (χ3v) is 7.97. The number of phenols is 2. The van der Waals surface area contributed by atoms with Crippen LogP contribution >= 0.6 is 0 Å². The molecule has 0 saturated carbocycles. The van der Waals surface area contributed by atoms with Crippen LogP contribution < -0.4 is 20.9 Å². The van der Waals surface area contributed by atoms with Crippen molar-refractivity contribution in [2.45, 2.75) is 0 Å². The zero-order chi connectivity index (χ0) is 35.9. The Morgan fingerprint density at radius 1 is 0.423 bits per heavy atom. The molecule has 0 radical (unpaired) electrons. The molecule has 248 valence electrons. The number of hydrogen-bond donors (Lipinski definition) is 4. The molecule has 6 nitrogen and oxygen atoms in total. The molecule has 0 aliphatic rings. The van der Waals surface area contributed by atoms with Crippen LogP contribution in [-0.2, 0) is 0 Å². The molecule has 0 unspecified atom stereocenters. The first-order valence-electron chi connectivity index (χ1n) is 16.3. The Bertz CT molecular complexity index is 2620. The Balaban J connectivity index is 1.54. The van der Waals surface area contributed by atoms with Gasteiger partial charge < -0.3 is 31.2 Å². The summed E-state index contributed by atoms with van der Waals surface area (Å²) >= 11 is 0. The van der Waals surface area contributed by atoms with Crippen LogP contribution in [0.25, 0.3) is 10.8 Å². The number of rotatable bonds is 4. The standard InChI is InChI=1S/C46H30N2O4/c47-40-24-21-36(29-42(40)49)51-44-28-35(20-18-32-12-6-2-7-13-32)38(23-19-33-14-8-3-9-15-33)46-39(44)26-34(17-16-31-10-4-1-5-11-31)27-45(46)52-37-22-25-41(48)43(50)30-37/h1-15,21-22,24-30,49-50H,47-48H2. The fourth-order valence-corrected chi connectivity index (χ4v) is 5.36. The van der Waals surface area contributed by atoms with Crippen LogP contribution in [0.3, 0.4) is 0 Å². The number of aromatic hydroxyl groups is 2. The first kappa shape index (κ1) is 32.8. The third-order valence-electron chi connectivity index (χ3n) is 7.97. The quantitative estimate of drug-likeness (QED) is 0.0842. The summed E-state index contributed by atoms with van der Waals surface area (Å²) in [7, 11) is 0. The molecule has 0 aliphatic carbocycles. The van der Waals surface area contributed by atoms with Gasteiger partial charge in [-0.1, -0.05) is 90.1 Å². The first-order chi connectivity index (χ1) is 25.4. The smallest absolute Gasteiger partial charge is 0.142 e. The van der Waals surface area contributed by atoms with E-state index >= 15 is 0 Å². The summed E-state index contributed by atoms with van der Waals surface area (Å²) in [5.41, 5.74) is 16.5. The largest absolute Gasteiger partial charge is 0.506 e. The van der Waals surface area contributed by atoms with Gasteiger partial charge in [0.1, 0.15) is 34.5 Å². The Kier molecular flexibility index (Phi) is 9.34. The summed E-state index contributed by atoms with van der Waals surface area (Å²) in [5, 5.41) is 22.1. The van der Waals surface area contributed by atoms with Gasteiger partial charge in [-0.15, -0.1) is 0 Å². The van der Waals surface area contributed by atoms with Crippen LogP contribution in [0.15, 0.2) is 146 Å². The highest BCUT2D eigenvalue weighted by Crippen LogP contribution is 2.43. The Labute approximate surface area is 301 Å². The lowest BCUT2D eigenvalue weighted by atomic mass is 9.95. The number of fused-ring (bicyclic) bond motifs is 1. The summed E-state index contributed by atoms with van der Waals surface area (Å²) in [4.78, 5) is 0. The zero-order valence-corrected chi connectivity index (χ0v) is 27.7. The van der Waals surface area contributed by atoms with Crippen molar-refractivity contribution in [1.29, 1.82) is 0 Å². The molecule has 0 aliphatic heterocycles. The molecule has 0 fully saturated rings. The minimum atomic E-state index is -0.118. The van der Waals surface area contributed by atoms with Crippen LogP contribution in [0.2, 0.25) is 0 Å². The van der Waals surface area contributed by atoms with Crippen molar-refractivity contribution in [1.82, 2.24) is 0 Å². The maximum atomic E-state index is 10.5. The lowest BCUT2D eigenvalue weighted by Crippen LogP contribution is -1.97. The molecule has 7 aromatic carbocycles. The summed E-state index contributed by atoms with van der Waals surface area (Å²) in [6.07, 6.45) is 0. The zero-order valence-electron chi connectivity index (χ0n) is 27.7. The van der Waals surface area contributed by atoms with Gasteiger partial charge in [-0.2, -0.15) is 0 Å². The molecule has 0 amide bonds. The van der Waals surface area contributed by atoms with Gasteiger partial charge in [0.2, 0.25) is 0 Å². The van der Waals surface area contributed by atoms with Gasteiger partial charge in [0.05, 0.1) is 16.9 Å². The van der Waals surface area contributed by atoms with Crippen LogP contribution in [0.1, 0.15) is 33.4 Å². The van der Waals surface area contributed by atoms with E-state index in [0.717, 1.165) is 16.7 Å². The van der Waals surface area contributed by atoms with E-state index in [4.69, 9.17) is 20.9 Å². The predicted molar refractivity (Wildman–Crippen MR) is 206 cm³/mol. The van der Waals surface area contributed by atoms with Gasteiger partial charge in [-0.05, 0) is 78.9 Å². The van der Waals surface area contributed by atoms with Gasteiger partial charge in [0.25, 0.3) is 0 Å². The molecule has 7 rings (SSSR count). The predicted octanol–water partition coefficient (Wildman–Crippen LogP) is 9.20. The number of ether oxygens (including phenoxy) is 2. The van der Waals surface area contributed by atoms with Crippen molar-refractivity contribution in [2.75, 3.05) is 11.5 Å². The SMILES string of the molecule is Nc1ccc(Oc2cc(C#Cc3ccccc3)c(C#Cc3ccccc3)c3c(Oc4ccc(N)c(O)c4)cc(C#Cc4ccccc4)cc23)cc1O. The Morgan fingerprint density at radius 2 is 0.885 bits per heavy atom. The second kappa shape index (κ2) is 14.8. The van der Waals surface area contributed by atoms with E-state index in [2.05, 4.69) is 35.5 Å². The first-order valence-corrected chi connectivity index (χ1v) is 16.3. The molecular weight excluding hydrogens is 645 g/mol. The number of anilines is 2. The van der Waals surface area contributed by atoms with Crippen molar-refractivity contribution in [2.24, 2.45) is 0 Å². The highest BCUT2D eigenvalue weighted by atomic mass is 16.5. The molecule has 0 aromatic heterocycles. The van der Waals surface area contributed by atoms with Crippen molar-refractivity contribution < 1.29 is 19.7 Å².